The van der Waals surface area contributed by atoms with E-state index in [0.717, 1.165) is 22.1 Å². The molecule has 5 nitrogen and oxygen atoms in total. The van der Waals surface area contributed by atoms with Gasteiger partial charge < -0.3 is 4.98 Å². The smallest absolute Gasteiger partial charge is 0.112 e. The summed E-state index contributed by atoms with van der Waals surface area (Å²) in [7, 11) is 0. The van der Waals surface area contributed by atoms with Gasteiger partial charge in [0.05, 0.1) is 27.4 Å². The minimum Gasteiger partial charge on any atom is -0.345 e. The van der Waals surface area contributed by atoms with E-state index in [0.29, 0.717) is 10.0 Å². The molecule has 0 saturated heterocycles. The van der Waals surface area contributed by atoms with Crippen LogP contribution in [0.1, 0.15) is 0 Å². The Morgan fingerprint density at radius 2 is 1.50 bits per heavy atom. The van der Waals surface area contributed by atoms with Gasteiger partial charge in [-0.25, -0.2) is 4.98 Å². The number of aromatic nitrogens is 5. The molecule has 0 spiro atoms. The summed E-state index contributed by atoms with van der Waals surface area (Å²) in [5, 5.41) is 11.4. The van der Waals surface area contributed by atoms with Crippen LogP contribution in [0.3, 0.4) is 0 Å². The zero-order chi connectivity index (χ0) is 13.9. The van der Waals surface area contributed by atoms with Crippen molar-refractivity contribution in [2.45, 2.75) is 0 Å². The Labute approximate surface area is 123 Å². The molecule has 0 atom stereocenters. The number of imidazole rings is 1. The number of para-hydroxylation sites is 2. The van der Waals surface area contributed by atoms with Gasteiger partial charge in [0.2, 0.25) is 0 Å². The monoisotopic (exact) mass is 305 g/mol. The molecule has 0 aliphatic rings. The number of nitrogens with one attached hydrogen (secondary N) is 2. The van der Waals surface area contributed by atoms with Crippen LogP contribution in [0.5, 0.6) is 0 Å². The molecule has 0 unspecified atom stereocenters. The zero-order valence-corrected chi connectivity index (χ0v) is 11.7. The summed E-state index contributed by atoms with van der Waals surface area (Å²) in [6, 6.07) is 11.2. The minimum absolute atomic E-state index is 0.534. The molecule has 7 heteroatoms. The number of benzene rings is 2. The molecule has 4 rings (SSSR count). The Kier molecular flexibility index (Phi) is 3.54. The molecule has 2 aromatic heterocycles. The topological polar surface area (TPSA) is 70.2 Å². The molecule has 2 heterocycles. The third kappa shape index (κ3) is 2.59. The molecular formula is C13H9Cl2N5. The van der Waals surface area contributed by atoms with Gasteiger partial charge in [-0.2, -0.15) is 15.4 Å². The van der Waals surface area contributed by atoms with Crippen molar-refractivity contribution in [2.75, 3.05) is 0 Å². The number of nitrogens with zero attached hydrogens (tertiary/aromatic N) is 3. The third-order valence-corrected chi connectivity index (χ3v) is 3.41. The maximum Gasteiger partial charge on any atom is 0.112 e. The number of aromatic amines is 2. The lowest BCUT2D eigenvalue weighted by Crippen LogP contribution is -1.71. The predicted molar refractivity (Wildman–Crippen MR) is 80.0 cm³/mol. The summed E-state index contributed by atoms with van der Waals surface area (Å²) in [4.78, 5) is 6.96. The first-order valence-corrected chi connectivity index (χ1v) is 6.53. The van der Waals surface area contributed by atoms with Crippen molar-refractivity contribution in [3.05, 3.63) is 52.8 Å². The van der Waals surface area contributed by atoms with Crippen molar-refractivity contribution in [1.82, 2.24) is 25.4 Å². The van der Waals surface area contributed by atoms with Crippen LogP contribution in [-0.4, -0.2) is 25.4 Å². The molecule has 0 aliphatic carbocycles. The Hall–Kier alpha value is -2.11. The summed E-state index contributed by atoms with van der Waals surface area (Å²) in [5.74, 6) is 0. The van der Waals surface area contributed by atoms with Gasteiger partial charge in [-0.05, 0) is 24.3 Å². The summed E-state index contributed by atoms with van der Waals surface area (Å²) >= 11 is 11.5. The highest BCUT2D eigenvalue weighted by atomic mass is 35.5. The number of halogens is 2. The van der Waals surface area contributed by atoms with E-state index < -0.39 is 0 Å². The molecule has 0 radical (unpaired) electrons. The van der Waals surface area contributed by atoms with Gasteiger partial charge in [0.1, 0.15) is 11.0 Å². The summed E-state index contributed by atoms with van der Waals surface area (Å²) in [5.41, 5.74) is 3.56. The maximum absolute atomic E-state index is 5.76. The van der Waals surface area contributed by atoms with Crippen molar-refractivity contribution in [3.63, 3.8) is 0 Å². The summed E-state index contributed by atoms with van der Waals surface area (Å²) in [6.45, 7) is 0. The van der Waals surface area contributed by atoms with E-state index in [2.05, 4.69) is 25.4 Å². The van der Waals surface area contributed by atoms with Crippen molar-refractivity contribution >= 4 is 45.3 Å². The third-order valence-electron chi connectivity index (χ3n) is 2.68. The Morgan fingerprint density at radius 3 is 2.20 bits per heavy atom. The fourth-order valence-electron chi connectivity index (χ4n) is 1.72. The van der Waals surface area contributed by atoms with Crippen LogP contribution in [0.2, 0.25) is 10.0 Å². The molecule has 20 heavy (non-hydrogen) atoms. The predicted octanol–water partition coefficient (Wildman–Crippen LogP) is 3.83. The lowest BCUT2D eigenvalue weighted by molar-refractivity contribution is 0.959. The molecule has 0 aliphatic heterocycles. The average Bonchev–Trinajstić information content (AvgIpc) is 3.08. The van der Waals surface area contributed by atoms with E-state index in [-0.39, 0.29) is 0 Å². The van der Waals surface area contributed by atoms with Crippen LogP contribution in [0.15, 0.2) is 42.7 Å². The van der Waals surface area contributed by atoms with Crippen LogP contribution in [0.4, 0.5) is 0 Å². The molecule has 0 fully saturated rings. The summed E-state index contributed by atoms with van der Waals surface area (Å²) < 4.78 is 0. The second-order valence-corrected chi connectivity index (χ2v) is 4.81. The second-order valence-electron chi connectivity index (χ2n) is 4.00. The molecule has 4 aromatic rings. The lowest BCUT2D eigenvalue weighted by Gasteiger charge is -1.93. The minimum atomic E-state index is 0.534. The number of hydrogen-bond acceptors (Lipinski definition) is 3. The molecule has 0 bridgehead atoms. The zero-order valence-electron chi connectivity index (χ0n) is 10.1. The molecular weight excluding hydrogens is 297 g/mol. The fourth-order valence-corrected chi connectivity index (χ4v) is 2.04. The van der Waals surface area contributed by atoms with Gasteiger partial charge in [0.15, 0.2) is 0 Å². The Bertz CT molecular complexity index is 786. The first-order chi connectivity index (χ1) is 9.74. The SMILES string of the molecule is Clc1cc2nc[nH]c2cc1Cl.c1ccc2n[nH]nc2c1. The largest absolute Gasteiger partial charge is 0.345 e. The average molecular weight is 306 g/mol. The van der Waals surface area contributed by atoms with E-state index in [1.807, 2.05) is 24.3 Å². The fraction of sp³-hybridized carbons (Fsp3) is 0. The molecule has 0 saturated carbocycles. The van der Waals surface area contributed by atoms with Crippen LogP contribution in [0.25, 0.3) is 22.1 Å². The van der Waals surface area contributed by atoms with Crippen LogP contribution in [-0.2, 0) is 0 Å². The normalized spacial score (nSPS) is 10.5. The van der Waals surface area contributed by atoms with Gasteiger partial charge in [-0.1, -0.05) is 35.3 Å². The van der Waals surface area contributed by atoms with Crippen LogP contribution in [0, 0.1) is 0 Å². The van der Waals surface area contributed by atoms with Crippen molar-refractivity contribution < 1.29 is 0 Å². The van der Waals surface area contributed by atoms with E-state index in [1.54, 1.807) is 18.5 Å². The molecule has 2 N–H and O–H groups in total. The lowest BCUT2D eigenvalue weighted by atomic mass is 10.3. The van der Waals surface area contributed by atoms with E-state index in [4.69, 9.17) is 23.2 Å². The molecule has 0 amide bonds. The maximum atomic E-state index is 5.76. The number of fused-ring (bicyclic) bond motifs is 2. The highest BCUT2D eigenvalue weighted by Gasteiger charge is 2.01. The second kappa shape index (κ2) is 5.48. The quantitative estimate of drug-likeness (QED) is 0.519. The van der Waals surface area contributed by atoms with Crippen molar-refractivity contribution in [3.8, 4) is 0 Å². The van der Waals surface area contributed by atoms with Crippen LogP contribution < -0.4 is 0 Å². The standard InChI is InChI=1S/C7H4Cl2N2.C6H5N3/c8-4-1-6-7(2-5(4)9)11-3-10-6;1-2-4-6-5(3-1)7-9-8-6/h1-3H,(H,10,11);1-4H,(H,7,8,9). The van der Waals surface area contributed by atoms with Crippen LogP contribution >= 0.6 is 23.2 Å². The molecule has 100 valence electrons. The van der Waals surface area contributed by atoms with Gasteiger partial charge in [0.25, 0.3) is 0 Å². The molecule has 2 aromatic carbocycles. The van der Waals surface area contributed by atoms with E-state index >= 15 is 0 Å². The highest BCUT2D eigenvalue weighted by molar-refractivity contribution is 6.42. The van der Waals surface area contributed by atoms with Crippen molar-refractivity contribution in [1.29, 1.82) is 0 Å². The van der Waals surface area contributed by atoms with Gasteiger partial charge in [-0.3, -0.25) is 0 Å². The first-order valence-electron chi connectivity index (χ1n) is 5.77. The first kappa shape index (κ1) is 12.9. The Balaban J connectivity index is 0.000000123. The number of H-pyrrole nitrogens is 2. The van der Waals surface area contributed by atoms with Gasteiger partial charge >= 0.3 is 0 Å². The van der Waals surface area contributed by atoms with Crippen molar-refractivity contribution in [2.24, 2.45) is 0 Å². The van der Waals surface area contributed by atoms with E-state index in [9.17, 15) is 0 Å². The number of rotatable bonds is 0. The van der Waals surface area contributed by atoms with Gasteiger partial charge in [-0.15, -0.1) is 0 Å². The van der Waals surface area contributed by atoms with E-state index in [1.165, 1.54) is 0 Å². The number of hydrogen-bond donors (Lipinski definition) is 2. The highest BCUT2D eigenvalue weighted by Crippen LogP contribution is 2.25. The summed E-state index contributed by atoms with van der Waals surface area (Å²) in [6.07, 6.45) is 1.61. The Morgan fingerprint density at radius 1 is 0.850 bits per heavy atom. The van der Waals surface area contributed by atoms with Gasteiger partial charge in [0, 0.05) is 0 Å².